The Bertz CT molecular complexity index is 1150. The Labute approximate surface area is 195 Å². The van der Waals surface area contributed by atoms with E-state index in [-0.39, 0.29) is 30.9 Å². The highest BCUT2D eigenvalue weighted by Gasteiger charge is 2.27. The van der Waals surface area contributed by atoms with E-state index in [4.69, 9.17) is 21.1 Å². The summed E-state index contributed by atoms with van der Waals surface area (Å²) in [7, 11) is 0. The van der Waals surface area contributed by atoms with Crippen LogP contribution in [0.5, 0.6) is 5.75 Å². The van der Waals surface area contributed by atoms with E-state index in [0.29, 0.717) is 21.3 Å². The lowest BCUT2D eigenvalue weighted by atomic mass is 9.95. The summed E-state index contributed by atoms with van der Waals surface area (Å²) in [5.41, 5.74) is 2.65. The molecule has 2 heterocycles. The number of carbonyl (C=O) groups excluding carboxylic acids is 2. The van der Waals surface area contributed by atoms with Gasteiger partial charge in [-0.3, -0.25) is 4.79 Å². The summed E-state index contributed by atoms with van der Waals surface area (Å²) in [6, 6.07) is 7.01. The average Bonchev–Trinajstić information content (AvgIpc) is 3.39. The zero-order chi connectivity index (χ0) is 22.7. The minimum Gasteiger partial charge on any atom is -0.471 e. The topological polar surface area (TPSA) is 82.5 Å². The van der Waals surface area contributed by atoms with Crippen molar-refractivity contribution >= 4 is 39.8 Å². The number of carbonyl (C=O) groups is 2. The van der Waals surface area contributed by atoms with Gasteiger partial charge in [0.2, 0.25) is 0 Å². The van der Waals surface area contributed by atoms with Gasteiger partial charge in [0.1, 0.15) is 10.8 Å². The summed E-state index contributed by atoms with van der Waals surface area (Å²) in [6.07, 6.45) is 5.52. The van der Waals surface area contributed by atoms with Crippen LogP contribution in [-0.2, 0) is 24.3 Å². The molecule has 4 rings (SSSR count). The molecule has 0 radical (unpaired) electrons. The van der Waals surface area contributed by atoms with Crippen LogP contribution in [0.3, 0.4) is 0 Å². The molecule has 0 fully saturated rings. The van der Waals surface area contributed by atoms with Gasteiger partial charge >= 0.3 is 5.97 Å². The molecule has 0 spiro atoms. The molecule has 168 valence electrons. The van der Waals surface area contributed by atoms with Crippen LogP contribution in [0.4, 0.5) is 5.00 Å². The number of nitrogens with one attached hydrogen (secondary N) is 1. The molecule has 0 saturated heterocycles. The van der Waals surface area contributed by atoms with E-state index >= 15 is 0 Å². The van der Waals surface area contributed by atoms with Crippen molar-refractivity contribution in [1.29, 1.82) is 0 Å². The third kappa shape index (κ3) is 4.81. The van der Waals surface area contributed by atoms with Crippen molar-refractivity contribution in [2.75, 3.05) is 11.9 Å². The molecule has 0 atom stereocenters. The summed E-state index contributed by atoms with van der Waals surface area (Å²) in [4.78, 5) is 26.6. The van der Waals surface area contributed by atoms with Gasteiger partial charge in [-0.1, -0.05) is 11.6 Å². The van der Waals surface area contributed by atoms with Gasteiger partial charge < -0.3 is 14.8 Å². The number of esters is 1. The number of nitrogens with zero attached hydrogens (tertiary/aromatic N) is 2. The number of anilines is 1. The van der Waals surface area contributed by atoms with Crippen LogP contribution in [0.25, 0.3) is 0 Å². The molecule has 3 aromatic rings. The number of halogens is 1. The van der Waals surface area contributed by atoms with Crippen molar-refractivity contribution in [2.45, 2.75) is 46.3 Å². The highest BCUT2D eigenvalue weighted by atomic mass is 35.5. The number of aryl methyl sites for hydroxylation is 2. The smallest absolute Gasteiger partial charge is 0.341 e. The van der Waals surface area contributed by atoms with Crippen LogP contribution in [0.15, 0.2) is 30.5 Å². The van der Waals surface area contributed by atoms with Crippen molar-refractivity contribution in [3.05, 3.63) is 62.7 Å². The molecule has 0 aliphatic heterocycles. The maximum Gasteiger partial charge on any atom is 0.341 e. The van der Waals surface area contributed by atoms with E-state index in [1.165, 1.54) is 16.0 Å². The standard InChI is InChI=1S/C23H24ClN3O4S/c1-3-30-23(29)20-16-6-4-5-7-19(16)32-22(20)25-21(28)18-10-11-27(26-18)13-31-15-8-9-17(24)14(2)12-15/h8-12H,3-7,13H2,1-2H3,(H,25,28). The number of hydrogen-bond donors (Lipinski definition) is 1. The van der Waals surface area contributed by atoms with Crippen molar-refractivity contribution in [1.82, 2.24) is 9.78 Å². The lowest BCUT2D eigenvalue weighted by molar-refractivity contribution is 0.0526. The Kier molecular flexibility index (Phi) is 6.81. The Morgan fingerprint density at radius 3 is 2.84 bits per heavy atom. The number of thiophene rings is 1. The van der Waals surface area contributed by atoms with E-state index in [9.17, 15) is 9.59 Å². The number of benzene rings is 1. The second kappa shape index (κ2) is 9.75. The minimum absolute atomic E-state index is 0.149. The fourth-order valence-corrected chi connectivity index (χ4v) is 5.03. The number of hydrogen-bond acceptors (Lipinski definition) is 6. The van der Waals surface area contributed by atoms with E-state index in [0.717, 1.165) is 41.7 Å². The minimum atomic E-state index is -0.389. The molecular formula is C23H24ClN3O4S. The Morgan fingerprint density at radius 1 is 1.25 bits per heavy atom. The van der Waals surface area contributed by atoms with Crippen LogP contribution in [0.2, 0.25) is 5.02 Å². The van der Waals surface area contributed by atoms with Gasteiger partial charge in [0.15, 0.2) is 12.4 Å². The highest BCUT2D eigenvalue weighted by molar-refractivity contribution is 7.17. The van der Waals surface area contributed by atoms with E-state index in [1.54, 1.807) is 31.3 Å². The van der Waals surface area contributed by atoms with Gasteiger partial charge in [-0.25, -0.2) is 9.48 Å². The van der Waals surface area contributed by atoms with Crippen LogP contribution in [-0.4, -0.2) is 28.3 Å². The molecule has 1 N–H and O–H groups in total. The van der Waals surface area contributed by atoms with Crippen molar-refractivity contribution in [3.8, 4) is 5.75 Å². The molecule has 2 aromatic heterocycles. The molecule has 0 bridgehead atoms. The van der Waals surface area contributed by atoms with E-state index in [2.05, 4.69) is 10.4 Å². The second-order valence-electron chi connectivity index (χ2n) is 7.51. The summed E-state index contributed by atoms with van der Waals surface area (Å²) >= 11 is 7.49. The van der Waals surface area contributed by atoms with Crippen molar-refractivity contribution in [2.24, 2.45) is 0 Å². The molecule has 32 heavy (non-hydrogen) atoms. The third-order valence-corrected chi connectivity index (χ3v) is 6.88. The number of amides is 1. The molecule has 7 nitrogen and oxygen atoms in total. The second-order valence-corrected chi connectivity index (χ2v) is 9.03. The first-order chi connectivity index (χ1) is 15.5. The quantitative estimate of drug-likeness (QED) is 0.474. The summed E-state index contributed by atoms with van der Waals surface area (Å²) < 4.78 is 12.5. The van der Waals surface area contributed by atoms with Crippen LogP contribution >= 0.6 is 22.9 Å². The fraction of sp³-hybridized carbons (Fsp3) is 0.348. The van der Waals surface area contributed by atoms with E-state index < -0.39 is 0 Å². The van der Waals surface area contributed by atoms with Crippen LogP contribution < -0.4 is 10.1 Å². The number of fused-ring (bicyclic) bond motifs is 1. The largest absolute Gasteiger partial charge is 0.471 e. The van der Waals surface area contributed by atoms with Gasteiger partial charge in [0.05, 0.1) is 12.2 Å². The molecule has 1 aliphatic rings. The number of ether oxygens (including phenoxy) is 2. The lowest BCUT2D eigenvalue weighted by Gasteiger charge is -2.12. The molecule has 0 saturated carbocycles. The summed E-state index contributed by atoms with van der Waals surface area (Å²) in [5.74, 6) is -0.105. The molecular weight excluding hydrogens is 450 g/mol. The SMILES string of the molecule is CCOC(=O)c1c(NC(=O)c2ccn(COc3ccc(Cl)c(C)c3)n2)sc2c1CCCC2. The summed E-state index contributed by atoms with van der Waals surface area (Å²) in [6.45, 7) is 4.11. The Balaban J connectivity index is 1.46. The third-order valence-electron chi connectivity index (χ3n) is 5.24. The van der Waals surface area contributed by atoms with Crippen molar-refractivity contribution < 1.29 is 19.1 Å². The number of aromatic nitrogens is 2. The molecule has 9 heteroatoms. The maximum absolute atomic E-state index is 12.8. The van der Waals surface area contributed by atoms with Gasteiger partial charge in [0.25, 0.3) is 5.91 Å². The summed E-state index contributed by atoms with van der Waals surface area (Å²) in [5, 5.41) is 8.37. The predicted molar refractivity (Wildman–Crippen MR) is 124 cm³/mol. The maximum atomic E-state index is 12.8. The first-order valence-electron chi connectivity index (χ1n) is 10.5. The normalized spacial score (nSPS) is 12.8. The molecule has 1 amide bonds. The molecule has 1 aliphatic carbocycles. The molecule has 0 unspecified atom stereocenters. The highest BCUT2D eigenvalue weighted by Crippen LogP contribution is 2.38. The van der Waals surface area contributed by atoms with E-state index in [1.807, 2.05) is 13.0 Å². The van der Waals surface area contributed by atoms with Crippen LogP contribution in [0.1, 0.15) is 56.6 Å². The predicted octanol–water partition coefficient (Wildman–Crippen LogP) is 5.25. The first-order valence-corrected chi connectivity index (χ1v) is 11.7. The van der Waals surface area contributed by atoms with Gasteiger partial charge in [-0.05, 0) is 74.9 Å². The van der Waals surface area contributed by atoms with Crippen molar-refractivity contribution in [3.63, 3.8) is 0 Å². The fourth-order valence-electron chi connectivity index (χ4n) is 3.64. The number of rotatable bonds is 7. The average molecular weight is 474 g/mol. The van der Waals surface area contributed by atoms with Gasteiger partial charge in [-0.15, -0.1) is 11.3 Å². The zero-order valence-electron chi connectivity index (χ0n) is 17.9. The Morgan fingerprint density at radius 2 is 2.06 bits per heavy atom. The van der Waals surface area contributed by atoms with Gasteiger partial charge in [-0.2, -0.15) is 5.10 Å². The lowest BCUT2D eigenvalue weighted by Crippen LogP contribution is -2.17. The monoisotopic (exact) mass is 473 g/mol. The van der Waals surface area contributed by atoms with Gasteiger partial charge in [0, 0.05) is 16.1 Å². The molecule has 1 aromatic carbocycles. The zero-order valence-corrected chi connectivity index (χ0v) is 19.5. The first kappa shape index (κ1) is 22.4. The Hall–Kier alpha value is -2.84. The van der Waals surface area contributed by atoms with Crippen LogP contribution in [0, 0.1) is 6.92 Å².